The Kier molecular flexibility index (Phi) is 8.17. The number of aryl methyl sites for hydroxylation is 1. The number of aliphatic hydroxyl groups is 1. The number of hydrogen-bond donors (Lipinski definition) is 2. The van der Waals surface area contributed by atoms with Crippen molar-refractivity contribution in [2.45, 2.75) is 31.0 Å². The maximum Gasteiger partial charge on any atom is 0.419 e. The van der Waals surface area contributed by atoms with Crippen molar-refractivity contribution in [3.63, 3.8) is 0 Å². The zero-order valence-corrected chi connectivity index (χ0v) is 20.8. The van der Waals surface area contributed by atoms with Crippen LogP contribution in [0, 0.1) is 18.7 Å². The van der Waals surface area contributed by atoms with Gasteiger partial charge in [0, 0.05) is 16.8 Å². The number of carbonyl (C=O) groups excluding carboxylic acids is 2. The smallest absolute Gasteiger partial charge is 0.419 e. The average Bonchev–Trinajstić information content (AvgIpc) is 2.80. The standard InChI is InChI=1S/C24H20F5N3O5S/c1-12-17(9-10-19(25)30-12)37-18-8-7-16(24(27,28)29)21(26)20(18)23(35)31-14-5-4-6-15(11-14)38(3,36)32-22(34)13(2)33/h4-11,13,33H,1-3H3,(H,31,35)/t13-,38+/m0/s1. The van der Waals surface area contributed by atoms with Crippen LogP contribution < -0.4 is 10.1 Å². The predicted octanol–water partition coefficient (Wildman–Crippen LogP) is 5.10. The topological polar surface area (TPSA) is 118 Å². The molecular formula is C24H20F5N3O5S. The summed E-state index contributed by atoms with van der Waals surface area (Å²) in [4.78, 5) is 28.2. The van der Waals surface area contributed by atoms with Gasteiger partial charge >= 0.3 is 6.18 Å². The van der Waals surface area contributed by atoms with E-state index in [4.69, 9.17) is 4.74 Å². The number of pyridine rings is 1. The molecule has 0 saturated carbocycles. The van der Waals surface area contributed by atoms with Crippen molar-refractivity contribution in [1.82, 2.24) is 4.98 Å². The molecule has 0 spiro atoms. The first kappa shape index (κ1) is 28.7. The fraction of sp³-hybridized carbons (Fsp3) is 0.208. The van der Waals surface area contributed by atoms with Crippen LogP contribution in [0.15, 0.2) is 57.8 Å². The van der Waals surface area contributed by atoms with Crippen molar-refractivity contribution >= 4 is 27.2 Å². The van der Waals surface area contributed by atoms with Gasteiger partial charge in [-0.05, 0) is 56.3 Å². The molecule has 0 aliphatic rings. The zero-order chi connectivity index (χ0) is 28.4. The van der Waals surface area contributed by atoms with Gasteiger partial charge in [0.2, 0.25) is 5.95 Å². The molecule has 3 rings (SSSR count). The van der Waals surface area contributed by atoms with Gasteiger partial charge in [0.15, 0.2) is 5.82 Å². The van der Waals surface area contributed by atoms with Gasteiger partial charge in [-0.15, -0.1) is 0 Å². The molecule has 14 heteroatoms. The highest BCUT2D eigenvalue weighted by molar-refractivity contribution is 7.93. The molecule has 1 heterocycles. The van der Waals surface area contributed by atoms with Crippen molar-refractivity contribution < 1.29 is 45.6 Å². The van der Waals surface area contributed by atoms with Crippen LogP contribution in [0.2, 0.25) is 0 Å². The first-order chi connectivity index (χ1) is 17.6. The second-order valence-corrected chi connectivity index (χ2v) is 10.3. The van der Waals surface area contributed by atoms with E-state index in [1.807, 2.05) is 0 Å². The molecule has 2 N–H and O–H groups in total. The van der Waals surface area contributed by atoms with Crippen LogP contribution in [0.5, 0.6) is 11.5 Å². The molecule has 2 aromatic carbocycles. The third-order valence-corrected chi connectivity index (χ3v) is 6.67. The molecule has 0 saturated heterocycles. The molecule has 0 radical (unpaired) electrons. The van der Waals surface area contributed by atoms with Crippen LogP contribution >= 0.6 is 0 Å². The number of nitrogens with zero attached hydrogens (tertiary/aromatic N) is 2. The highest BCUT2D eigenvalue weighted by Crippen LogP contribution is 2.38. The molecule has 0 bridgehead atoms. The third-order valence-electron chi connectivity index (χ3n) is 5.01. The summed E-state index contributed by atoms with van der Waals surface area (Å²) in [5.41, 5.74) is -2.98. The van der Waals surface area contributed by atoms with Crippen LogP contribution in [0.1, 0.15) is 28.5 Å². The van der Waals surface area contributed by atoms with E-state index in [9.17, 15) is 36.5 Å². The summed E-state index contributed by atoms with van der Waals surface area (Å²) >= 11 is 0. The van der Waals surface area contributed by atoms with Gasteiger partial charge in [0.1, 0.15) is 23.2 Å². The highest BCUT2D eigenvalue weighted by atomic mass is 32.2. The lowest BCUT2D eigenvalue weighted by Crippen LogP contribution is -2.19. The third kappa shape index (κ3) is 6.50. The average molecular weight is 557 g/mol. The van der Waals surface area contributed by atoms with Gasteiger partial charge in [-0.1, -0.05) is 6.07 Å². The summed E-state index contributed by atoms with van der Waals surface area (Å²) in [6.45, 7) is 2.46. The first-order valence-electron chi connectivity index (χ1n) is 10.7. The van der Waals surface area contributed by atoms with Gasteiger partial charge in [-0.25, -0.2) is 13.6 Å². The van der Waals surface area contributed by atoms with E-state index in [1.54, 1.807) is 0 Å². The minimum Gasteiger partial charge on any atom is -0.455 e. The summed E-state index contributed by atoms with van der Waals surface area (Å²) in [5.74, 6) is -5.94. The Morgan fingerprint density at radius 2 is 1.76 bits per heavy atom. The fourth-order valence-corrected chi connectivity index (χ4v) is 4.40. The van der Waals surface area contributed by atoms with Crippen molar-refractivity contribution in [1.29, 1.82) is 0 Å². The minimum atomic E-state index is -5.14. The summed E-state index contributed by atoms with van der Waals surface area (Å²) in [7, 11) is -3.39. The number of halogens is 5. The number of ether oxygens (including phenoxy) is 1. The molecule has 1 aromatic heterocycles. The largest absolute Gasteiger partial charge is 0.455 e. The summed E-state index contributed by atoms with van der Waals surface area (Å²) in [5, 5.41) is 11.5. The Balaban J connectivity index is 2.05. The van der Waals surface area contributed by atoms with E-state index in [0.717, 1.165) is 37.4 Å². The number of alkyl halides is 3. The summed E-state index contributed by atoms with van der Waals surface area (Å²) < 4.78 is 90.3. The molecule has 0 aliphatic heterocycles. The molecule has 202 valence electrons. The van der Waals surface area contributed by atoms with E-state index in [2.05, 4.69) is 14.7 Å². The van der Waals surface area contributed by atoms with E-state index in [1.165, 1.54) is 25.1 Å². The number of nitrogens with one attached hydrogen (secondary N) is 1. The predicted molar refractivity (Wildman–Crippen MR) is 126 cm³/mol. The van der Waals surface area contributed by atoms with Crippen LogP contribution in [0.3, 0.4) is 0 Å². The number of rotatable bonds is 6. The molecule has 0 fully saturated rings. The zero-order valence-electron chi connectivity index (χ0n) is 20.0. The molecule has 8 nitrogen and oxygen atoms in total. The number of carbonyl (C=O) groups is 2. The lowest BCUT2D eigenvalue weighted by Gasteiger charge is -2.17. The maximum atomic E-state index is 15.1. The van der Waals surface area contributed by atoms with Crippen molar-refractivity contribution in [2.75, 3.05) is 11.6 Å². The van der Waals surface area contributed by atoms with Crippen LogP contribution in [-0.2, 0) is 20.7 Å². The second-order valence-electron chi connectivity index (χ2n) is 8.01. The molecule has 0 aliphatic carbocycles. The van der Waals surface area contributed by atoms with Gasteiger partial charge in [-0.3, -0.25) is 9.59 Å². The molecule has 38 heavy (non-hydrogen) atoms. The lowest BCUT2D eigenvalue weighted by atomic mass is 10.1. The number of amides is 2. The van der Waals surface area contributed by atoms with E-state index in [-0.39, 0.29) is 22.0 Å². The highest BCUT2D eigenvalue weighted by Gasteiger charge is 2.37. The number of hydrogen-bond acceptors (Lipinski definition) is 6. The summed E-state index contributed by atoms with van der Waals surface area (Å²) in [6, 6.07) is 8.15. The van der Waals surface area contributed by atoms with E-state index >= 15 is 4.39 Å². The van der Waals surface area contributed by atoms with Gasteiger partial charge < -0.3 is 15.2 Å². The number of anilines is 1. The quantitative estimate of drug-likeness (QED) is 0.322. The van der Waals surface area contributed by atoms with Crippen molar-refractivity contribution in [2.24, 2.45) is 4.36 Å². The molecular weight excluding hydrogens is 537 g/mol. The van der Waals surface area contributed by atoms with Crippen molar-refractivity contribution in [3.05, 3.63) is 77.1 Å². The normalized spacial score (nSPS) is 13.8. The second kappa shape index (κ2) is 10.8. The Hall–Kier alpha value is -3.91. The fourth-order valence-electron chi connectivity index (χ4n) is 3.12. The van der Waals surface area contributed by atoms with Crippen LogP contribution in [-0.4, -0.2) is 38.5 Å². The van der Waals surface area contributed by atoms with Crippen LogP contribution in [0.4, 0.5) is 27.6 Å². The molecule has 2 atom stereocenters. The monoisotopic (exact) mass is 557 g/mol. The van der Waals surface area contributed by atoms with Gasteiger partial charge in [0.25, 0.3) is 11.8 Å². The Bertz CT molecular complexity index is 1530. The Morgan fingerprint density at radius 3 is 2.37 bits per heavy atom. The SMILES string of the molecule is Cc1nc(F)ccc1Oc1ccc(C(F)(F)F)c(F)c1C(=O)Nc1cccc([S@@](C)(=O)=NC(=O)[C@H](C)O)c1. The number of aromatic nitrogens is 1. The van der Waals surface area contributed by atoms with Gasteiger partial charge in [0.05, 0.1) is 21.0 Å². The number of aliphatic hydroxyl groups excluding tert-OH is 1. The van der Waals surface area contributed by atoms with E-state index < -0.39 is 62.5 Å². The maximum absolute atomic E-state index is 15.1. The van der Waals surface area contributed by atoms with E-state index in [0.29, 0.717) is 6.07 Å². The first-order valence-corrected chi connectivity index (χ1v) is 12.6. The molecule has 3 aromatic rings. The van der Waals surface area contributed by atoms with Crippen molar-refractivity contribution in [3.8, 4) is 11.5 Å². The Morgan fingerprint density at radius 1 is 1.11 bits per heavy atom. The molecule has 2 amide bonds. The summed E-state index contributed by atoms with van der Waals surface area (Å²) in [6.07, 6.45) is -5.55. The minimum absolute atomic E-state index is 0.0161. The van der Waals surface area contributed by atoms with Gasteiger partial charge in [-0.2, -0.15) is 21.9 Å². The van der Waals surface area contributed by atoms with Crippen LogP contribution in [0.25, 0.3) is 0 Å². The lowest BCUT2D eigenvalue weighted by molar-refractivity contribution is -0.140. The Labute approximate surface area is 213 Å². The number of benzene rings is 2. The molecule has 0 unspecified atom stereocenters.